The second-order valence-corrected chi connectivity index (χ2v) is 8.02. The van der Waals surface area contributed by atoms with Gasteiger partial charge >= 0.3 is 0 Å². The number of hydrogen-bond acceptors (Lipinski definition) is 5. The number of ether oxygens (including phenoxy) is 1. The Labute approximate surface area is 175 Å². The number of allylic oxidation sites excluding steroid dienone is 4. The number of amides is 1. The molecule has 4 rings (SSSR count). The molecule has 2 aromatic rings. The highest BCUT2D eigenvalue weighted by molar-refractivity contribution is 6.29. The highest BCUT2D eigenvalue weighted by Crippen LogP contribution is 2.60. The van der Waals surface area contributed by atoms with Gasteiger partial charge in [-0.1, -0.05) is 42.0 Å². The Morgan fingerprint density at radius 1 is 1.31 bits per heavy atom. The van der Waals surface area contributed by atoms with Gasteiger partial charge in [-0.2, -0.15) is 0 Å². The van der Waals surface area contributed by atoms with Gasteiger partial charge in [-0.25, -0.2) is 15.0 Å². The number of carbonyl (C=O) groups excluding carboxylic acids is 1. The van der Waals surface area contributed by atoms with Gasteiger partial charge in [0.05, 0.1) is 18.5 Å². The number of nitrogens with zero attached hydrogens (tertiary/aromatic N) is 3. The molecule has 3 atom stereocenters. The Hall–Kier alpha value is -2.73. The van der Waals surface area contributed by atoms with Crippen molar-refractivity contribution < 1.29 is 9.53 Å². The Morgan fingerprint density at radius 2 is 2.17 bits per heavy atom. The fourth-order valence-electron chi connectivity index (χ4n) is 3.98. The third kappa shape index (κ3) is 4.17. The van der Waals surface area contributed by atoms with E-state index in [9.17, 15) is 4.79 Å². The Morgan fingerprint density at radius 3 is 2.90 bits per heavy atom. The molecule has 0 bridgehead atoms. The van der Waals surface area contributed by atoms with Gasteiger partial charge < -0.3 is 10.1 Å². The van der Waals surface area contributed by atoms with Crippen LogP contribution in [-0.4, -0.2) is 27.5 Å². The molecule has 2 aliphatic rings. The number of aromatic nitrogens is 3. The summed E-state index contributed by atoms with van der Waals surface area (Å²) < 4.78 is 6.12. The lowest BCUT2D eigenvalue weighted by atomic mass is 9.82. The molecular formula is C22H23ClN4O2. The quantitative estimate of drug-likeness (QED) is 0.718. The summed E-state index contributed by atoms with van der Waals surface area (Å²) in [7, 11) is 0. The van der Waals surface area contributed by atoms with E-state index >= 15 is 0 Å². The molecule has 6 nitrogen and oxygen atoms in total. The van der Waals surface area contributed by atoms with Gasteiger partial charge in [-0.15, -0.1) is 0 Å². The molecular weight excluding hydrogens is 388 g/mol. The van der Waals surface area contributed by atoms with Gasteiger partial charge in [0.15, 0.2) is 5.75 Å². The summed E-state index contributed by atoms with van der Waals surface area (Å²) in [6.45, 7) is 4.19. The Bertz CT molecular complexity index is 991. The van der Waals surface area contributed by atoms with Crippen LogP contribution < -0.4 is 10.1 Å². The number of carbonyl (C=O) groups is 1. The number of aryl methyl sites for hydroxylation is 2. The van der Waals surface area contributed by atoms with E-state index in [1.54, 1.807) is 24.4 Å². The number of hydrogen-bond donors (Lipinski definition) is 1. The summed E-state index contributed by atoms with van der Waals surface area (Å²) >= 11 is 5.93. The van der Waals surface area contributed by atoms with Crippen LogP contribution in [0.2, 0.25) is 5.15 Å². The van der Waals surface area contributed by atoms with Gasteiger partial charge in [0.2, 0.25) is 5.91 Å². The van der Waals surface area contributed by atoms with Crippen molar-refractivity contribution >= 4 is 23.3 Å². The minimum atomic E-state index is -0.263. The molecule has 0 spiro atoms. The highest BCUT2D eigenvalue weighted by atomic mass is 35.5. The van der Waals surface area contributed by atoms with Crippen LogP contribution in [0.25, 0.3) is 0 Å². The van der Waals surface area contributed by atoms with Crippen molar-refractivity contribution in [2.45, 2.75) is 26.7 Å². The van der Waals surface area contributed by atoms with E-state index in [2.05, 4.69) is 32.4 Å². The molecule has 2 aliphatic carbocycles. The first kappa shape index (κ1) is 19.6. The average molecular weight is 411 g/mol. The van der Waals surface area contributed by atoms with Crippen molar-refractivity contribution in [3.05, 3.63) is 65.4 Å². The predicted molar refractivity (Wildman–Crippen MR) is 112 cm³/mol. The van der Waals surface area contributed by atoms with Gasteiger partial charge in [0, 0.05) is 11.3 Å². The van der Waals surface area contributed by atoms with Crippen molar-refractivity contribution in [1.82, 2.24) is 15.0 Å². The molecule has 0 radical (unpaired) electrons. The summed E-state index contributed by atoms with van der Waals surface area (Å²) in [6.07, 6.45) is 11.7. The van der Waals surface area contributed by atoms with Gasteiger partial charge in [0.25, 0.3) is 0 Å². The highest BCUT2D eigenvalue weighted by Gasteiger charge is 2.62. The lowest BCUT2D eigenvalue weighted by Gasteiger charge is -2.26. The van der Waals surface area contributed by atoms with Crippen LogP contribution in [0.3, 0.4) is 0 Å². The van der Waals surface area contributed by atoms with Crippen molar-refractivity contribution in [2.24, 2.45) is 17.3 Å². The molecule has 1 amide bonds. The summed E-state index contributed by atoms with van der Waals surface area (Å²) in [5, 5.41) is 3.25. The van der Waals surface area contributed by atoms with E-state index in [4.69, 9.17) is 16.3 Å². The van der Waals surface area contributed by atoms with Crippen molar-refractivity contribution in [1.29, 1.82) is 0 Å². The molecule has 0 aliphatic heterocycles. The fraction of sp³-hybridized carbons (Fsp3) is 0.364. The maximum absolute atomic E-state index is 13.0. The third-order valence-electron chi connectivity index (χ3n) is 5.67. The monoisotopic (exact) mass is 410 g/mol. The molecule has 1 saturated carbocycles. The predicted octanol–water partition coefficient (Wildman–Crippen LogP) is 4.30. The summed E-state index contributed by atoms with van der Waals surface area (Å²) in [4.78, 5) is 25.7. The number of nitrogens with one attached hydrogen (secondary N) is 1. The Kier molecular flexibility index (Phi) is 5.37. The fourth-order valence-corrected chi connectivity index (χ4v) is 4.14. The largest absolute Gasteiger partial charge is 0.489 e. The first-order valence-electron chi connectivity index (χ1n) is 9.68. The lowest BCUT2D eigenvalue weighted by molar-refractivity contribution is -0.118. The lowest BCUT2D eigenvalue weighted by Crippen LogP contribution is -2.29. The molecule has 1 fully saturated rings. The first-order valence-corrected chi connectivity index (χ1v) is 10.1. The van der Waals surface area contributed by atoms with E-state index in [0.717, 1.165) is 18.5 Å². The molecule has 0 aromatic carbocycles. The zero-order valence-electron chi connectivity index (χ0n) is 16.4. The first-order chi connectivity index (χ1) is 14.0. The van der Waals surface area contributed by atoms with E-state index < -0.39 is 0 Å². The zero-order valence-corrected chi connectivity index (χ0v) is 17.2. The molecule has 7 heteroatoms. The number of halogens is 1. The molecule has 29 heavy (non-hydrogen) atoms. The topological polar surface area (TPSA) is 77.0 Å². The summed E-state index contributed by atoms with van der Waals surface area (Å²) in [5.41, 5.74) is 0.540. The van der Waals surface area contributed by atoms with Crippen LogP contribution in [0.5, 0.6) is 5.75 Å². The molecule has 2 heterocycles. The van der Waals surface area contributed by atoms with Crippen LogP contribution in [0.4, 0.5) is 5.82 Å². The van der Waals surface area contributed by atoms with Crippen molar-refractivity contribution in [3.63, 3.8) is 0 Å². The van der Waals surface area contributed by atoms with Crippen LogP contribution in [-0.2, 0) is 4.79 Å². The zero-order chi connectivity index (χ0) is 20.4. The van der Waals surface area contributed by atoms with Gasteiger partial charge in [0.1, 0.15) is 16.8 Å². The molecule has 1 unspecified atom stereocenters. The second-order valence-electron chi connectivity index (χ2n) is 7.64. The number of rotatable bonds is 6. The van der Waals surface area contributed by atoms with E-state index in [0.29, 0.717) is 29.2 Å². The van der Waals surface area contributed by atoms with E-state index in [1.807, 2.05) is 26.0 Å². The van der Waals surface area contributed by atoms with Crippen molar-refractivity contribution in [2.75, 3.05) is 11.9 Å². The smallest absolute Gasteiger partial charge is 0.229 e. The number of anilines is 1. The van der Waals surface area contributed by atoms with Crippen LogP contribution in [0, 0.1) is 31.1 Å². The SMILES string of the molecule is Cc1ncc(OC[C@@]2(C3C=CC=CC3)C[C@H]2C(=O)Nc2cccc(Cl)n2)c(C)n1. The van der Waals surface area contributed by atoms with Gasteiger partial charge in [-0.05, 0) is 44.7 Å². The molecule has 1 N–H and O–H groups in total. The van der Waals surface area contributed by atoms with E-state index in [1.165, 1.54) is 0 Å². The summed E-state index contributed by atoms with van der Waals surface area (Å²) in [6, 6.07) is 5.18. The molecule has 0 saturated heterocycles. The Balaban J connectivity index is 1.51. The maximum Gasteiger partial charge on any atom is 0.229 e. The third-order valence-corrected chi connectivity index (χ3v) is 5.88. The minimum Gasteiger partial charge on any atom is -0.489 e. The second kappa shape index (κ2) is 7.95. The van der Waals surface area contributed by atoms with Crippen LogP contribution in [0.15, 0.2) is 48.7 Å². The standard InChI is InChI=1S/C22H23ClN4O2/c1-14-18(12-24-15(2)25-14)29-13-22(16-7-4-3-5-8-16)11-17(22)21(28)27-20-10-6-9-19(23)26-20/h3-7,9-10,12,16-17H,8,11,13H2,1-2H3,(H,26,27,28)/t16?,17-,22+/m0/s1. The van der Waals surface area contributed by atoms with Crippen LogP contribution in [0.1, 0.15) is 24.4 Å². The molecule has 150 valence electrons. The van der Waals surface area contributed by atoms with Gasteiger partial charge in [-0.3, -0.25) is 4.79 Å². The van der Waals surface area contributed by atoms with Crippen molar-refractivity contribution in [3.8, 4) is 5.75 Å². The normalized spacial score (nSPS) is 24.9. The number of pyridine rings is 1. The maximum atomic E-state index is 13.0. The minimum absolute atomic E-state index is 0.0526. The van der Waals surface area contributed by atoms with Crippen LogP contribution >= 0.6 is 11.6 Å². The average Bonchev–Trinajstić information content (AvgIpc) is 3.44. The van der Waals surface area contributed by atoms with E-state index in [-0.39, 0.29) is 23.2 Å². The summed E-state index contributed by atoms with van der Waals surface area (Å²) in [5.74, 6) is 1.86. The molecule has 2 aromatic heterocycles.